The Morgan fingerprint density at radius 3 is 3.00 bits per heavy atom. The van der Waals surface area contributed by atoms with Crippen molar-refractivity contribution in [3.05, 3.63) is 27.9 Å². The number of aromatic nitrogens is 1. The van der Waals surface area contributed by atoms with Crippen LogP contribution in [-0.4, -0.2) is 38.0 Å². The molecule has 1 aliphatic rings. The van der Waals surface area contributed by atoms with Gasteiger partial charge in [0.15, 0.2) is 0 Å². The number of nitro groups is 1. The fourth-order valence-corrected chi connectivity index (χ4v) is 3.63. The molecule has 8 heteroatoms. The maximum atomic E-state index is 11.2. The number of carbonyl (C=O) groups is 1. The Morgan fingerprint density at radius 1 is 1.62 bits per heavy atom. The van der Waals surface area contributed by atoms with Crippen LogP contribution in [0.4, 0.5) is 11.5 Å². The maximum absolute atomic E-state index is 11.2. The van der Waals surface area contributed by atoms with E-state index in [4.69, 9.17) is 0 Å². The topological polar surface area (TPSA) is 105 Å². The van der Waals surface area contributed by atoms with Crippen LogP contribution in [0.2, 0.25) is 0 Å². The predicted octanol–water partition coefficient (Wildman–Crippen LogP) is 2.77. The van der Waals surface area contributed by atoms with Gasteiger partial charge in [0.05, 0.1) is 4.92 Å². The fourth-order valence-electron chi connectivity index (χ4n) is 2.48. The van der Waals surface area contributed by atoms with E-state index < -0.39 is 10.9 Å². The number of hydrogen-bond acceptors (Lipinski definition) is 6. The molecule has 1 aromatic heterocycles. The van der Waals surface area contributed by atoms with Gasteiger partial charge in [-0.2, -0.15) is 11.8 Å². The van der Waals surface area contributed by atoms with E-state index in [9.17, 15) is 20.0 Å². The number of anilines is 1. The zero-order valence-corrected chi connectivity index (χ0v) is 12.4. The molecule has 114 valence electrons. The minimum Gasteiger partial charge on any atom is -0.478 e. The van der Waals surface area contributed by atoms with Crippen molar-refractivity contribution in [1.82, 2.24) is 4.98 Å². The second kappa shape index (κ2) is 6.75. The molecule has 2 unspecified atom stereocenters. The quantitative estimate of drug-likeness (QED) is 0.614. The number of pyridine rings is 1. The van der Waals surface area contributed by atoms with Crippen LogP contribution in [0.3, 0.4) is 0 Å². The van der Waals surface area contributed by atoms with Gasteiger partial charge >= 0.3 is 5.97 Å². The Labute approximate surface area is 126 Å². The van der Waals surface area contributed by atoms with Gasteiger partial charge in [0.2, 0.25) is 0 Å². The van der Waals surface area contributed by atoms with Gasteiger partial charge in [0.1, 0.15) is 17.6 Å². The summed E-state index contributed by atoms with van der Waals surface area (Å²) in [6.07, 6.45) is 4.08. The van der Waals surface area contributed by atoms with Crippen LogP contribution < -0.4 is 5.32 Å². The molecule has 1 saturated carbocycles. The van der Waals surface area contributed by atoms with E-state index in [1.54, 1.807) is 0 Å². The Bertz CT molecular complexity index is 552. The molecule has 1 aliphatic carbocycles. The largest absolute Gasteiger partial charge is 0.478 e. The van der Waals surface area contributed by atoms with E-state index in [1.807, 2.05) is 11.8 Å². The highest BCUT2D eigenvalue weighted by Crippen LogP contribution is 2.32. The van der Waals surface area contributed by atoms with Crippen molar-refractivity contribution in [1.29, 1.82) is 0 Å². The number of carboxylic acid groups (broad SMARTS) is 1. The van der Waals surface area contributed by atoms with Crippen LogP contribution in [-0.2, 0) is 0 Å². The van der Waals surface area contributed by atoms with Gasteiger partial charge in [-0.05, 0) is 25.0 Å². The number of hydrogen-bond donors (Lipinski definition) is 2. The van der Waals surface area contributed by atoms with E-state index in [1.165, 1.54) is 0 Å². The Balaban J connectivity index is 2.13. The molecule has 21 heavy (non-hydrogen) atoms. The molecular weight excluding hydrogens is 294 g/mol. The van der Waals surface area contributed by atoms with Crippen LogP contribution in [0.15, 0.2) is 12.3 Å². The fraction of sp³-hybridized carbons (Fsp3) is 0.538. The smallest absolute Gasteiger partial charge is 0.339 e. The van der Waals surface area contributed by atoms with E-state index in [0.29, 0.717) is 5.25 Å². The summed E-state index contributed by atoms with van der Waals surface area (Å²) >= 11 is 1.90. The molecule has 1 heterocycles. The first-order valence-corrected chi connectivity index (χ1v) is 7.82. The number of rotatable bonds is 6. The van der Waals surface area contributed by atoms with Gasteiger partial charge in [-0.3, -0.25) is 10.1 Å². The summed E-state index contributed by atoms with van der Waals surface area (Å²) in [5.74, 6) is 0.0551. The molecule has 1 aromatic rings. The van der Waals surface area contributed by atoms with Gasteiger partial charge < -0.3 is 10.4 Å². The van der Waals surface area contributed by atoms with Crippen molar-refractivity contribution >= 4 is 29.2 Å². The van der Waals surface area contributed by atoms with Crippen LogP contribution >= 0.6 is 11.8 Å². The molecule has 7 nitrogen and oxygen atoms in total. The zero-order chi connectivity index (χ0) is 15.4. The average Bonchev–Trinajstić information content (AvgIpc) is 2.86. The second-order valence-electron chi connectivity index (χ2n) is 4.88. The van der Waals surface area contributed by atoms with Gasteiger partial charge in [-0.15, -0.1) is 0 Å². The van der Waals surface area contributed by atoms with Crippen molar-refractivity contribution < 1.29 is 14.8 Å². The van der Waals surface area contributed by atoms with Crippen molar-refractivity contribution in [3.63, 3.8) is 0 Å². The molecule has 2 atom stereocenters. The number of thioether (sulfide) groups is 1. The standard InChI is InChI=1S/C13H17N3O4S/c1-2-21-10-4-3-8(5-10)15-12-11(13(17)18)6-9(7-14-12)16(19)20/h6-8,10H,2-5H2,1H3,(H,14,15)(H,17,18). The lowest BCUT2D eigenvalue weighted by atomic mass is 10.2. The molecule has 0 saturated heterocycles. The molecule has 2 N–H and O–H groups in total. The lowest BCUT2D eigenvalue weighted by molar-refractivity contribution is -0.385. The molecule has 0 radical (unpaired) electrons. The highest BCUT2D eigenvalue weighted by atomic mass is 32.2. The first-order valence-electron chi connectivity index (χ1n) is 6.77. The van der Waals surface area contributed by atoms with Crippen molar-refractivity contribution in [3.8, 4) is 0 Å². The summed E-state index contributed by atoms with van der Waals surface area (Å²) in [4.78, 5) is 25.2. The summed E-state index contributed by atoms with van der Waals surface area (Å²) in [5.41, 5.74) is -0.473. The number of carboxylic acids is 1. The third kappa shape index (κ3) is 3.84. The van der Waals surface area contributed by atoms with Crippen LogP contribution in [0.1, 0.15) is 36.5 Å². The summed E-state index contributed by atoms with van der Waals surface area (Å²) < 4.78 is 0. The Morgan fingerprint density at radius 2 is 2.38 bits per heavy atom. The Hall–Kier alpha value is -1.83. The number of nitrogens with one attached hydrogen (secondary N) is 1. The third-order valence-corrected chi connectivity index (χ3v) is 4.68. The molecule has 0 aliphatic heterocycles. The Kier molecular flexibility index (Phi) is 5.00. The van der Waals surface area contributed by atoms with E-state index >= 15 is 0 Å². The average molecular weight is 311 g/mol. The second-order valence-corrected chi connectivity index (χ2v) is 6.46. The van der Waals surface area contributed by atoms with Crippen molar-refractivity contribution in [2.24, 2.45) is 0 Å². The van der Waals surface area contributed by atoms with Gasteiger partial charge in [0, 0.05) is 17.4 Å². The van der Waals surface area contributed by atoms with Crippen molar-refractivity contribution in [2.75, 3.05) is 11.1 Å². The normalized spacial score (nSPS) is 21.2. The van der Waals surface area contributed by atoms with E-state index in [-0.39, 0.29) is 23.1 Å². The lowest BCUT2D eigenvalue weighted by Gasteiger charge is -2.15. The molecular formula is C13H17N3O4S. The predicted molar refractivity (Wildman–Crippen MR) is 81.0 cm³/mol. The first kappa shape index (κ1) is 15.6. The van der Waals surface area contributed by atoms with Crippen molar-refractivity contribution in [2.45, 2.75) is 37.5 Å². The summed E-state index contributed by atoms with van der Waals surface area (Å²) in [6.45, 7) is 2.12. The molecule has 2 rings (SSSR count). The molecule has 0 spiro atoms. The number of nitrogens with zero attached hydrogens (tertiary/aromatic N) is 2. The third-order valence-electron chi connectivity index (χ3n) is 3.44. The first-order chi connectivity index (χ1) is 10.0. The van der Waals surface area contributed by atoms with Crippen LogP contribution in [0.25, 0.3) is 0 Å². The summed E-state index contributed by atoms with van der Waals surface area (Å²) in [5, 5.41) is 23.6. The molecule has 0 bridgehead atoms. The van der Waals surface area contributed by atoms with Crippen LogP contribution in [0, 0.1) is 10.1 Å². The summed E-state index contributed by atoms with van der Waals surface area (Å²) in [7, 11) is 0. The lowest BCUT2D eigenvalue weighted by Crippen LogP contribution is -2.19. The molecule has 0 amide bonds. The maximum Gasteiger partial charge on any atom is 0.339 e. The van der Waals surface area contributed by atoms with Gasteiger partial charge in [-0.25, -0.2) is 9.78 Å². The van der Waals surface area contributed by atoms with Gasteiger partial charge in [0.25, 0.3) is 5.69 Å². The van der Waals surface area contributed by atoms with Crippen LogP contribution in [0.5, 0.6) is 0 Å². The highest BCUT2D eigenvalue weighted by Gasteiger charge is 2.26. The van der Waals surface area contributed by atoms with E-state index in [0.717, 1.165) is 37.3 Å². The van der Waals surface area contributed by atoms with Gasteiger partial charge in [-0.1, -0.05) is 6.92 Å². The van der Waals surface area contributed by atoms with E-state index in [2.05, 4.69) is 17.2 Å². The SMILES string of the molecule is CCSC1CCC(Nc2ncc([N+](=O)[O-])cc2C(=O)O)C1. The minimum absolute atomic E-state index is 0.157. The monoisotopic (exact) mass is 311 g/mol. The summed E-state index contributed by atoms with van der Waals surface area (Å²) in [6, 6.07) is 1.21. The number of aromatic carboxylic acids is 1. The molecule has 1 fully saturated rings. The zero-order valence-electron chi connectivity index (χ0n) is 11.6. The highest BCUT2D eigenvalue weighted by molar-refractivity contribution is 7.99. The molecule has 0 aromatic carbocycles. The minimum atomic E-state index is -1.22.